The molecule has 0 aliphatic carbocycles. The molecule has 1 unspecified atom stereocenters. The average molecular weight is 357 g/mol. The van der Waals surface area contributed by atoms with Crippen molar-refractivity contribution in [2.24, 2.45) is 0 Å². The molecule has 2 rings (SSSR count). The van der Waals surface area contributed by atoms with Gasteiger partial charge in [-0.2, -0.15) is 0 Å². The number of aromatic nitrogens is 1. The predicted octanol–water partition coefficient (Wildman–Crippen LogP) is 2.68. The molecule has 0 radical (unpaired) electrons. The summed E-state index contributed by atoms with van der Waals surface area (Å²) in [5, 5.41) is 0.275. The van der Waals surface area contributed by atoms with Gasteiger partial charge in [-0.15, -0.1) is 11.6 Å². The maximum Gasteiger partial charge on any atom is 0.228 e. The van der Waals surface area contributed by atoms with Crippen molar-refractivity contribution < 1.29 is 4.79 Å². The lowest BCUT2D eigenvalue weighted by molar-refractivity contribution is -0.117. The smallest absolute Gasteiger partial charge is 0.228 e. The first kappa shape index (κ1) is 11.4. The molecule has 1 aliphatic heterocycles. The number of rotatable bonds is 1. The number of anilines is 1. The summed E-state index contributed by atoms with van der Waals surface area (Å²) in [7, 11) is 0. The molecule has 1 amide bonds. The number of halogens is 3. The number of hydrogen-bond donors (Lipinski definition) is 0. The first-order valence-electron chi connectivity index (χ1n) is 4.33. The summed E-state index contributed by atoms with van der Waals surface area (Å²) in [4.78, 5) is 17.2. The van der Waals surface area contributed by atoms with Gasteiger partial charge in [0.25, 0.3) is 0 Å². The Hall–Kier alpha value is -0.0700. The van der Waals surface area contributed by atoms with Gasteiger partial charge in [0.2, 0.25) is 5.91 Å². The molecule has 1 aromatic heterocycles. The maximum atomic E-state index is 11.6. The van der Waals surface area contributed by atoms with Crippen molar-refractivity contribution in [2.45, 2.75) is 11.8 Å². The van der Waals surface area contributed by atoms with Crippen molar-refractivity contribution in [3.05, 3.63) is 21.0 Å². The van der Waals surface area contributed by atoms with Crippen molar-refractivity contribution in [3.8, 4) is 0 Å². The van der Waals surface area contributed by atoms with Gasteiger partial charge in [0.1, 0.15) is 5.15 Å². The van der Waals surface area contributed by atoms with E-state index in [9.17, 15) is 4.79 Å². The van der Waals surface area contributed by atoms with E-state index in [2.05, 4.69) is 27.6 Å². The third kappa shape index (κ3) is 2.37. The summed E-state index contributed by atoms with van der Waals surface area (Å²) in [6.45, 7) is 0.538. The van der Waals surface area contributed by atoms with Gasteiger partial charge in [-0.25, -0.2) is 4.98 Å². The van der Waals surface area contributed by atoms with E-state index in [1.807, 2.05) is 0 Å². The molecule has 1 aliphatic rings. The van der Waals surface area contributed by atoms with Crippen LogP contribution in [0.2, 0.25) is 5.15 Å². The average Bonchev–Trinajstić information content (AvgIpc) is 2.50. The van der Waals surface area contributed by atoms with Crippen LogP contribution in [0.5, 0.6) is 0 Å². The van der Waals surface area contributed by atoms with Crippen LogP contribution < -0.4 is 4.90 Å². The largest absolute Gasteiger partial charge is 0.310 e. The molecule has 0 bridgehead atoms. The van der Waals surface area contributed by atoms with Gasteiger partial charge in [0.05, 0.1) is 14.6 Å². The Morgan fingerprint density at radius 1 is 1.60 bits per heavy atom. The third-order valence-electron chi connectivity index (χ3n) is 2.17. The van der Waals surface area contributed by atoms with Crippen LogP contribution in [0.25, 0.3) is 0 Å². The van der Waals surface area contributed by atoms with E-state index in [1.54, 1.807) is 17.2 Å². The molecule has 0 aromatic carbocycles. The minimum absolute atomic E-state index is 0.0372. The highest BCUT2D eigenvalue weighted by molar-refractivity contribution is 14.1. The van der Waals surface area contributed by atoms with E-state index in [1.165, 1.54) is 0 Å². The fraction of sp³-hybridized carbons (Fsp3) is 0.333. The molecule has 1 fully saturated rings. The number of amides is 1. The number of alkyl halides is 1. The van der Waals surface area contributed by atoms with Gasteiger partial charge in [0, 0.05) is 25.2 Å². The Morgan fingerprint density at radius 2 is 2.33 bits per heavy atom. The van der Waals surface area contributed by atoms with Crippen LogP contribution in [0, 0.1) is 3.57 Å². The summed E-state index contributed by atoms with van der Waals surface area (Å²) in [6.07, 6.45) is 2.03. The molecule has 1 atom stereocenters. The quantitative estimate of drug-likeness (QED) is 0.440. The van der Waals surface area contributed by atoms with E-state index in [4.69, 9.17) is 23.2 Å². The standard InChI is InChI=1S/C9H7Cl2IN2O/c10-5-1-9(15)14(4-5)7-2-8(11)13-3-6(7)12/h2-3,5H,1,4H2. The molecule has 0 spiro atoms. The molecule has 0 N–H and O–H groups in total. The summed E-state index contributed by atoms with van der Waals surface area (Å²) in [5.74, 6) is 0.0372. The van der Waals surface area contributed by atoms with Crippen molar-refractivity contribution >= 4 is 57.4 Å². The highest BCUT2D eigenvalue weighted by Gasteiger charge is 2.30. The van der Waals surface area contributed by atoms with E-state index in [0.717, 1.165) is 9.26 Å². The number of pyridine rings is 1. The van der Waals surface area contributed by atoms with Crippen LogP contribution in [0.15, 0.2) is 12.3 Å². The summed E-state index contributed by atoms with van der Waals surface area (Å²) in [5.41, 5.74) is 0.795. The zero-order valence-electron chi connectivity index (χ0n) is 7.58. The van der Waals surface area contributed by atoms with Crippen LogP contribution >= 0.6 is 45.8 Å². The molecule has 80 valence electrons. The Morgan fingerprint density at radius 3 is 2.93 bits per heavy atom. The van der Waals surface area contributed by atoms with Gasteiger partial charge in [-0.1, -0.05) is 11.6 Å². The first-order valence-corrected chi connectivity index (χ1v) is 6.22. The summed E-state index contributed by atoms with van der Waals surface area (Å²) < 4.78 is 0.899. The van der Waals surface area contributed by atoms with Gasteiger partial charge in [0.15, 0.2) is 0 Å². The highest BCUT2D eigenvalue weighted by Crippen LogP contribution is 2.29. The maximum absolute atomic E-state index is 11.6. The number of carbonyl (C=O) groups is 1. The predicted molar refractivity (Wildman–Crippen MR) is 68.6 cm³/mol. The Balaban J connectivity index is 2.37. The zero-order chi connectivity index (χ0) is 11.0. The van der Waals surface area contributed by atoms with Crippen molar-refractivity contribution in [3.63, 3.8) is 0 Å². The fourth-order valence-electron chi connectivity index (χ4n) is 1.51. The minimum Gasteiger partial charge on any atom is -0.310 e. The second kappa shape index (κ2) is 4.43. The van der Waals surface area contributed by atoms with Gasteiger partial charge >= 0.3 is 0 Å². The monoisotopic (exact) mass is 356 g/mol. The van der Waals surface area contributed by atoms with Gasteiger partial charge < -0.3 is 4.90 Å². The zero-order valence-corrected chi connectivity index (χ0v) is 11.3. The number of carbonyl (C=O) groups excluding carboxylic acids is 1. The Kier molecular flexibility index (Phi) is 3.37. The lowest BCUT2D eigenvalue weighted by Gasteiger charge is -2.17. The Labute approximate surface area is 111 Å². The molecular weight excluding hydrogens is 350 g/mol. The van der Waals surface area contributed by atoms with Crippen LogP contribution in [0.3, 0.4) is 0 Å². The van der Waals surface area contributed by atoms with E-state index in [0.29, 0.717) is 18.1 Å². The van der Waals surface area contributed by atoms with E-state index >= 15 is 0 Å². The molecule has 15 heavy (non-hydrogen) atoms. The van der Waals surface area contributed by atoms with Crippen molar-refractivity contribution in [1.82, 2.24) is 4.98 Å². The normalized spacial score (nSPS) is 21.1. The van der Waals surface area contributed by atoms with E-state index < -0.39 is 0 Å². The second-order valence-corrected chi connectivity index (χ2v) is 5.43. The molecule has 1 saturated heterocycles. The Bertz CT molecular complexity index is 413. The second-order valence-electron chi connectivity index (χ2n) is 3.26. The van der Waals surface area contributed by atoms with Gasteiger partial charge in [-0.05, 0) is 22.6 Å². The van der Waals surface area contributed by atoms with Crippen molar-refractivity contribution in [1.29, 1.82) is 0 Å². The lowest BCUT2D eigenvalue weighted by Crippen LogP contribution is -2.25. The third-order valence-corrected chi connectivity index (χ3v) is 3.50. The van der Waals surface area contributed by atoms with Crippen LogP contribution in [0.4, 0.5) is 5.69 Å². The highest BCUT2D eigenvalue weighted by atomic mass is 127. The lowest BCUT2D eigenvalue weighted by atomic mass is 10.3. The number of nitrogens with zero attached hydrogens (tertiary/aromatic N) is 2. The number of hydrogen-bond acceptors (Lipinski definition) is 2. The summed E-state index contributed by atoms with van der Waals surface area (Å²) >= 11 is 13.8. The molecule has 6 heteroatoms. The van der Waals surface area contributed by atoms with E-state index in [-0.39, 0.29) is 11.3 Å². The SMILES string of the molecule is O=C1CC(Cl)CN1c1cc(Cl)ncc1I. The van der Waals surface area contributed by atoms with Crippen LogP contribution in [-0.4, -0.2) is 22.8 Å². The first-order chi connectivity index (χ1) is 7.08. The fourth-order valence-corrected chi connectivity index (χ4v) is 2.52. The van der Waals surface area contributed by atoms with Crippen molar-refractivity contribution in [2.75, 3.05) is 11.4 Å². The van der Waals surface area contributed by atoms with Crippen LogP contribution in [0.1, 0.15) is 6.42 Å². The minimum atomic E-state index is -0.111. The summed E-state index contributed by atoms with van der Waals surface area (Å²) in [6, 6.07) is 1.69. The van der Waals surface area contributed by atoms with Crippen LogP contribution in [-0.2, 0) is 4.79 Å². The molecule has 1 aromatic rings. The molecule has 0 saturated carbocycles. The molecule has 3 nitrogen and oxygen atoms in total. The molecular formula is C9H7Cl2IN2O. The van der Waals surface area contributed by atoms with Gasteiger partial charge in [-0.3, -0.25) is 4.79 Å². The molecule has 2 heterocycles. The topological polar surface area (TPSA) is 33.2 Å².